The Kier molecular flexibility index (Phi) is 20.4. The van der Waals surface area contributed by atoms with Crippen LogP contribution in [0.3, 0.4) is 0 Å². The van der Waals surface area contributed by atoms with Crippen molar-refractivity contribution in [2.24, 2.45) is 22.9 Å². The molecule has 7 heterocycles. The maximum atomic E-state index is 11.6. The van der Waals surface area contributed by atoms with Gasteiger partial charge in [0, 0.05) is 142 Å². The molecule has 0 spiro atoms. The van der Waals surface area contributed by atoms with Crippen LogP contribution in [0, 0.1) is 0 Å². The minimum atomic E-state index is -0.393. The van der Waals surface area contributed by atoms with Crippen LogP contribution in [0.2, 0.25) is 0 Å². The van der Waals surface area contributed by atoms with Crippen molar-refractivity contribution in [1.29, 1.82) is 0 Å². The Labute approximate surface area is 565 Å². The molecule has 97 heavy (non-hydrogen) atoms. The van der Waals surface area contributed by atoms with Crippen molar-refractivity contribution in [2.75, 3.05) is 66.0 Å². The molecule has 0 saturated carbocycles. The molecular weight excluding hydrogens is 1220 g/mol. The molecule has 3 atom stereocenters. The molecule has 7 amide bonds. The lowest BCUT2D eigenvalue weighted by Gasteiger charge is -2.20. The highest BCUT2D eigenvalue weighted by atomic mass is 16.5. The average molecular weight is 1300 g/mol. The van der Waals surface area contributed by atoms with Crippen LogP contribution in [0.5, 0.6) is 0 Å². The molecule has 0 radical (unpaired) electrons. The Morgan fingerprint density at radius 1 is 0.443 bits per heavy atom. The second kappa shape index (κ2) is 29.9. The monoisotopic (exact) mass is 1300 g/mol. The number of carbonyl (C=O) groups excluding carboxylic acids is 7. The first-order chi connectivity index (χ1) is 47.0. The van der Waals surface area contributed by atoms with Gasteiger partial charge in [0.15, 0.2) is 0 Å². The summed E-state index contributed by atoms with van der Waals surface area (Å²) in [6.07, 6.45) is 8.37. The number of nitrogens with one attached hydrogen (secondary N) is 3. The smallest absolute Gasteiger partial charge is 0.251 e. The van der Waals surface area contributed by atoms with E-state index in [1.165, 1.54) is 67.1 Å². The summed E-state index contributed by atoms with van der Waals surface area (Å²) in [5.74, 6) is -1.02. The van der Waals surface area contributed by atoms with Crippen molar-refractivity contribution in [3.8, 4) is 0 Å². The molecule has 498 valence electrons. The summed E-state index contributed by atoms with van der Waals surface area (Å²) in [5.41, 5.74) is 42.4. The highest BCUT2D eigenvalue weighted by Crippen LogP contribution is 2.36. The molecule has 3 fully saturated rings. The van der Waals surface area contributed by atoms with Gasteiger partial charge in [-0.2, -0.15) is 0 Å². The van der Waals surface area contributed by atoms with Gasteiger partial charge < -0.3 is 63.2 Å². The summed E-state index contributed by atoms with van der Waals surface area (Å²) in [6, 6.07) is 56.4. The van der Waals surface area contributed by atoms with Gasteiger partial charge in [-0.1, -0.05) is 84.9 Å². The largest absolute Gasteiger partial charge is 0.374 e. The van der Waals surface area contributed by atoms with Gasteiger partial charge in [0.05, 0.1) is 12.1 Å². The summed E-state index contributed by atoms with van der Waals surface area (Å²) >= 11 is 0. The number of benzene rings is 8. The number of nitrogens with zero attached hydrogens (tertiary/aromatic N) is 4. The highest BCUT2D eigenvalue weighted by molar-refractivity contribution is 5.96. The van der Waals surface area contributed by atoms with E-state index in [9.17, 15) is 33.6 Å². The molecule has 19 heteroatoms. The first-order valence-corrected chi connectivity index (χ1v) is 33.4. The number of carbonyl (C=O) groups is 7. The molecule has 3 saturated heterocycles. The fourth-order valence-corrected chi connectivity index (χ4v) is 14.1. The lowest BCUT2D eigenvalue weighted by Crippen LogP contribution is -2.20. The van der Waals surface area contributed by atoms with Crippen LogP contribution >= 0.6 is 0 Å². The Bertz CT molecular complexity index is 4110. The minimum Gasteiger partial charge on any atom is -0.374 e. The van der Waals surface area contributed by atoms with E-state index in [4.69, 9.17) is 27.7 Å². The third kappa shape index (κ3) is 16.0. The van der Waals surface area contributed by atoms with E-state index in [0.29, 0.717) is 46.6 Å². The zero-order chi connectivity index (χ0) is 67.7. The van der Waals surface area contributed by atoms with Crippen LogP contribution in [0.25, 0.3) is 0 Å². The van der Waals surface area contributed by atoms with Crippen LogP contribution in [0.1, 0.15) is 163 Å². The molecule has 0 bridgehead atoms. The van der Waals surface area contributed by atoms with Crippen LogP contribution < -0.4 is 58.5 Å². The number of nitrogens with two attached hydrogens (primary N) is 4. The number of hydrogen-bond donors (Lipinski definition) is 7. The van der Waals surface area contributed by atoms with Gasteiger partial charge in [0.25, 0.3) is 5.91 Å². The maximum absolute atomic E-state index is 11.6. The zero-order valence-electron chi connectivity index (χ0n) is 54.7. The molecular formula is C78H83N11O8. The Balaban J connectivity index is 0.000000123. The zero-order valence-corrected chi connectivity index (χ0v) is 54.7. The van der Waals surface area contributed by atoms with E-state index in [0.717, 1.165) is 127 Å². The molecule has 0 aliphatic carbocycles. The summed E-state index contributed by atoms with van der Waals surface area (Å²) in [4.78, 5) is 88.8. The van der Waals surface area contributed by atoms with Gasteiger partial charge in [0.2, 0.25) is 35.4 Å². The van der Waals surface area contributed by atoms with Gasteiger partial charge >= 0.3 is 0 Å². The SMILES string of the molecule is CNC(=O)c1ccc(CN2CCc3cc(C(N)=O)ccc32)cc1.NC(=O)c1ccc2c(c1)CCN2Cc1ccc(C2CCC(=O)N2)cc1.NC(=O)c1ccc2c(c1)CCN2Cc1ccc(C2CCCO2)cc1.NC(=O)c1ccc2c(c1)CCN2Cc1ccc(C2CNC(=O)C2)cc1. The third-order valence-corrected chi connectivity index (χ3v) is 19.4. The molecule has 0 aromatic heterocycles. The minimum absolute atomic E-state index is 0.0814. The first-order valence-electron chi connectivity index (χ1n) is 33.4. The highest BCUT2D eigenvalue weighted by Gasteiger charge is 2.28. The number of rotatable bonds is 16. The van der Waals surface area contributed by atoms with Crippen LogP contribution in [-0.2, 0) is 66.2 Å². The third-order valence-electron chi connectivity index (χ3n) is 19.4. The molecule has 19 nitrogen and oxygen atoms in total. The van der Waals surface area contributed by atoms with Crippen LogP contribution in [-0.4, -0.2) is 87.7 Å². The molecule has 7 aliphatic rings. The van der Waals surface area contributed by atoms with Crippen molar-refractivity contribution in [2.45, 2.75) is 102 Å². The molecule has 15 rings (SSSR count). The molecule has 8 aromatic carbocycles. The van der Waals surface area contributed by atoms with Crippen LogP contribution in [0.15, 0.2) is 170 Å². The van der Waals surface area contributed by atoms with E-state index in [1.54, 1.807) is 25.2 Å². The normalized spacial score (nSPS) is 17.6. The Morgan fingerprint density at radius 2 is 0.804 bits per heavy atom. The molecule has 7 aliphatic heterocycles. The van der Waals surface area contributed by atoms with Gasteiger partial charge in [0.1, 0.15) is 0 Å². The maximum Gasteiger partial charge on any atom is 0.251 e. The van der Waals surface area contributed by atoms with Gasteiger partial charge in [-0.25, -0.2) is 0 Å². The molecule has 11 N–H and O–H groups in total. The van der Waals surface area contributed by atoms with Gasteiger partial charge in [-0.15, -0.1) is 0 Å². The van der Waals surface area contributed by atoms with E-state index < -0.39 is 5.91 Å². The van der Waals surface area contributed by atoms with E-state index in [-0.39, 0.29) is 47.6 Å². The number of fused-ring (bicyclic) bond motifs is 4. The van der Waals surface area contributed by atoms with Gasteiger partial charge in [-0.05, 0) is 191 Å². The van der Waals surface area contributed by atoms with Crippen molar-refractivity contribution in [1.82, 2.24) is 16.0 Å². The lowest BCUT2D eigenvalue weighted by atomic mass is 9.97. The second-order valence-electron chi connectivity index (χ2n) is 25.9. The van der Waals surface area contributed by atoms with Crippen molar-refractivity contribution in [3.05, 3.63) is 259 Å². The lowest BCUT2D eigenvalue weighted by molar-refractivity contribution is -0.120. The van der Waals surface area contributed by atoms with Crippen LogP contribution in [0.4, 0.5) is 22.7 Å². The van der Waals surface area contributed by atoms with Crippen molar-refractivity contribution in [3.63, 3.8) is 0 Å². The number of primary amides is 4. The predicted octanol–water partition coefficient (Wildman–Crippen LogP) is 9.16. The summed E-state index contributed by atoms with van der Waals surface area (Å²) < 4.78 is 5.74. The Morgan fingerprint density at radius 3 is 1.12 bits per heavy atom. The second-order valence-corrected chi connectivity index (χ2v) is 25.9. The number of hydrogen-bond acceptors (Lipinski definition) is 12. The van der Waals surface area contributed by atoms with Crippen molar-refractivity contribution < 1.29 is 38.3 Å². The first kappa shape index (κ1) is 66.2. The quantitative estimate of drug-likeness (QED) is 0.0477. The molecule has 3 unspecified atom stereocenters. The van der Waals surface area contributed by atoms with E-state index in [2.05, 4.69) is 108 Å². The van der Waals surface area contributed by atoms with E-state index in [1.807, 2.05) is 78.9 Å². The fraction of sp³-hybridized carbons (Fsp3) is 0.295. The average Bonchev–Trinajstić information content (AvgIpc) is 1.71. The number of amides is 7. The topological polar surface area (TPSA) is 282 Å². The summed E-state index contributed by atoms with van der Waals surface area (Å²) in [6.45, 7) is 8.72. The molecule has 8 aromatic rings. The van der Waals surface area contributed by atoms with E-state index >= 15 is 0 Å². The Hall–Kier alpha value is -10.8. The van der Waals surface area contributed by atoms with Crippen molar-refractivity contribution >= 4 is 64.1 Å². The standard InChI is InChI=1S/2C20H21N3O2.C20H22N2O2.C18H19N3O2/c21-20(25)16-5-7-18-15(11-16)9-10-23(18)12-13-1-3-14(4-2-13)17-6-8-19(24)22-17;21-20(25)16-5-6-18-15(9-16)7-8-23(18)12-13-1-3-14(4-2-13)17-10-19(24)22-11-17;21-20(23)17-7-8-18-16(12-17)9-10-22(18)13-14-3-5-15(6-4-14)19-2-1-11-24-19;1-20-18(23)13-4-2-12(3-5-13)11-21-9-8-14-10-15(17(19)22)6-7-16(14)21/h1-5,7,11,17H,6,8-10,12H2,(H2,21,25)(H,22,24);1-6,9,17H,7-8,10-12H2,(H2,21,25)(H,22,24);3-8,12,19H,1-2,9-11,13H2,(H2,21,23);2-7,10H,8-9,11H2,1H3,(H2,19,22)(H,20,23). The number of ether oxygens (including phenoxy) is 1. The predicted molar refractivity (Wildman–Crippen MR) is 376 cm³/mol. The summed E-state index contributed by atoms with van der Waals surface area (Å²) in [5, 5.41) is 8.50. The summed E-state index contributed by atoms with van der Waals surface area (Å²) in [7, 11) is 1.62. The number of anilines is 4. The fourth-order valence-electron chi connectivity index (χ4n) is 14.1. The van der Waals surface area contributed by atoms with Gasteiger partial charge in [-0.3, -0.25) is 33.6 Å².